The molecule has 300 valence electrons. The molecule has 0 N–H and O–H groups in total. The van der Waals surface area contributed by atoms with Crippen LogP contribution in [0.4, 0.5) is 11.4 Å². The van der Waals surface area contributed by atoms with Crippen LogP contribution in [0.5, 0.6) is 11.5 Å². The third kappa shape index (κ3) is 12.7. The van der Waals surface area contributed by atoms with E-state index in [1.54, 1.807) is 48.5 Å². The van der Waals surface area contributed by atoms with Crippen molar-refractivity contribution >= 4 is 47.4 Å². The van der Waals surface area contributed by atoms with Gasteiger partial charge in [0.15, 0.2) is 0 Å². The number of hydrogen-bond donors (Lipinski definition) is 0. The second-order valence-corrected chi connectivity index (χ2v) is 13.6. The van der Waals surface area contributed by atoms with Gasteiger partial charge in [0.1, 0.15) is 48.0 Å². The zero-order valence-electron chi connectivity index (χ0n) is 33.3. The van der Waals surface area contributed by atoms with Gasteiger partial charge in [-0.1, -0.05) is 75.5 Å². The number of carbonyl (C=O) groups excluding carboxylic acids is 4. The van der Waals surface area contributed by atoms with E-state index in [1.165, 1.54) is 12.2 Å². The molecule has 0 fully saturated rings. The Balaban J connectivity index is 1.33. The lowest BCUT2D eigenvalue weighted by atomic mass is 9.78. The van der Waals surface area contributed by atoms with Gasteiger partial charge < -0.3 is 28.7 Å². The van der Waals surface area contributed by atoms with E-state index >= 15 is 0 Å². The Bertz CT molecular complexity index is 2130. The third-order valence-electron chi connectivity index (χ3n) is 9.22. The molecule has 0 aromatic heterocycles. The molecule has 12 heteroatoms. The molecule has 0 aliphatic rings. The second-order valence-electron chi connectivity index (χ2n) is 13.6. The predicted molar refractivity (Wildman–Crippen MR) is 225 cm³/mol. The number of benzene rings is 4. The van der Waals surface area contributed by atoms with Gasteiger partial charge in [-0.2, -0.15) is 10.5 Å². The first-order chi connectivity index (χ1) is 28.3. The molecule has 4 aromatic carbocycles. The van der Waals surface area contributed by atoms with Gasteiger partial charge in [-0.15, -0.1) is 0 Å². The quantitative estimate of drug-likeness (QED) is 0.0427. The van der Waals surface area contributed by atoms with Gasteiger partial charge in [0.05, 0.1) is 13.1 Å². The van der Waals surface area contributed by atoms with Gasteiger partial charge >= 0.3 is 23.9 Å². The number of ether oxygens (including phenoxy) is 4. The van der Waals surface area contributed by atoms with Crippen molar-refractivity contribution in [1.29, 1.82) is 10.5 Å². The van der Waals surface area contributed by atoms with Crippen LogP contribution in [-0.2, 0) is 34.1 Å². The molecule has 0 radical (unpaired) electrons. The van der Waals surface area contributed by atoms with Crippen LogP contribution >= 0.6 is 0 Å². The lowest BCUT2D eigenvalue weighted by molar-refractivity contribution is -0.138. The average Bonchev–Trinajstić information content (AvgIpc) is 3.25. The van der Waals surface area contributed by atoms with E-state index in [9.17, 15) is 29.7 Å². The molecule has 0 spiro atoms. The molecule has 0 heterocycles. The number of esters is 4. The molecule has 0 saturated heterocycles. The van der Waals surface area contributed by atoms with Crippen LogP contribution in [-0.4, -0.2) is 64.3 Å². The number of anilines is 2. The normalized spacial score (nSPS) is 11.2. The topological polar surface area (TPSA) is 159 Å². The number of hydrogen-bond acceptors (Lipinski definition) is 12. The van der Waals surface area contributed by atoms with Gasteiger partial charge in [-0.25, -0.2) is 19.2 Å². The molecule has 0 amide bonds. The summed E-state index contributed by atoms with van der Waals surface area (Å²) < 4.78 is 21.1. The first-order valence-corrected chi connectivity index (χ1v) is 18.4. The van der Waals surface area contributed by atoms with Crippen molar-refractivity contribution in [3.63, 3.8) is 0 Å². The van der Waals surface area contributed by atoms with Crippen molar-refractivity contribution in [2.75, 3.05) is 50.2 Å². The molecule has 0 aliphatic carbocycles. The predicted octanol–water partition coefficient (Wildman–Crippen LogP) is 7.37. The highest BCUT2D eigenvalue weighted by Crippen LogP contribution is 2.34. The summed E-state index contributed by atoms with van der Waals surface area (Å²) in [6.45, 7) is 12.1. The maximum Gasteiger partial charge on any atom is 0.354 e. The monoisotopic (exact) mass is 792 g/mol. The fraction of sp³-hybridized carbons (Fsp3) is 0.191. The van der Waals surface area contributed by atoms with Gasteiger partial charge in [-0.3, -0.25) is 0 Å². The van der Waals surface area contributed by atoms with Crippen LogP contribution in [0.15, 0.2) is 134 Å². The maximum atomic E-state index is 12.9. The van der Waals surface area contributed by atoms with Crippen LogP contribution in [0.2, 0.25) is 0 Å². The van der Waals surface area contributed by atoms with Crippen LogP contribution < -0.4 is 19.3 Å². The van der Waals surface area contributed by atoms with E-state index in [2.05, 4.69) is 13.2 Å². The number of carbonyl (C=O) groups is 4. The molecule has 0 aliphatic heterocycles. The summed E-state index contributed by atoms with van der Waals surface area (Å²) in [7, 11) is 3.70. The van der Waals surface area contributed by atoms with Crippen LogP contribution in [0.25, 0.3) is 12.2 Å². The van der Waals surface area contributed by atoms with Crippen molar-refractivity contribution in [1.82, 2.24) is 0 Å². The van der Waals surface area contributed by atoms with E-state index < -0.39 is 29.3 Å². The fourth-order valence-electron chi connectivity index (χ4n) is 5.57. The van der Waals surface area contributed by atoms with E-state index in [4.69, 9.17) is 18.9 Å². The fourth-order valence-corrected chi connectivity index (χ4v) is 5.57. The second kappa shape index (κ2) is 21.0. The number of nitriles is 2. The zero-order chi connectivity index (χ0) is 43.0. The summed E-state index contributed by atoms with van der Waals surface area (Å²) in [5, 5.41) is 19.4. The van der Waals surface area contributed by atoms with E-state index in [0.717, 1.165) is 34.7 Å². The van der Waals surface area contributed by atoms with Gasteiger partial charge in [0.25, 0.3) is 0 Å². The number of rotatable bonds is 18. The summed E-state index contributed by atoms with van der Waals surface area (Å²) in [6, 6.07) is 32.1. The summed E-state index contributed by atoms with van der Waals surface area (Å²) in [5.74, 6) is -2.05. The highest BCUT2D eigenvalue weighted by atomic mass is 16.5. The lowest BCUT2D eigenvalue weighted by Gasteiger charge is -2.26. The number of likely N-dealkylation sites (N-methyl/N-ethyl adjacent to an activating group) is 2. The minimum atomic E-state index is -0.799. The molecule has 0 bridgehead atoms. The minimum Gasteiger partial charge on any atom is -0.461 e. The molecule has 12 nitrogen and oxygen atoms in total. The van der Waals surface area contributed by atoms with Crippen molar-refractivity contribution in [2.24, 2.45) is 0 Å². The SMILES string of the molecule is C=CC(=O)OCCN(C)c1ccc(C=C(C#N)C(=O)Oc2ccc(C(C)(C)c3ccc(OC(=O)C(C#N)=Cc4ccc(N(C)CCOC(=O)C=C)cc4)cc3)cc2)cc1. The Kier molecular flexibility index (Phi) is 15.7. The largest absolute Gasteiger partial charge is 0.461 e. The van der Waals surface area contributed by atoms with E-state index in [1.807, 2.05) is 98.4 Å². The molecule has 0 saturated carbocycles. The first kappa shape index (κ1) is 44.0. The van der Waals surface area contributed by atoms with Crippen molar-refractivity contribution in [2.45, 2.75) is 19.3 Å². The molecular formula is C47H44N4O8. The molecule has 4 aromatic rings. The summed E-state index contributed by atoms with van der Waals surface area (Å²) >= 11 is 0. The average molecular weight is 793 g/mol. The van der Waals surface area contributed by atoms with E-state index in [0.29, 0.717) is 24.2 Å². The molecule has 0 unspecified atom stereocenters. The third-order valence-corrected chi connectivity index (χ3v) is 9.22. The Morgan fingerprint density at radius 2 is 0.932 bits per heavy atom. The standard InChI is InChI=1S/C47H44N4O8/c1-7-43(52)56-27-25-50(5)39-17-9-33(10-18-39)29-35(31-48)45(54)58-41-21-13-37(14-22-41)47(3,4)38-15-23-42(24-16-38)59-46(55)36(32-49)30-34-11-19-40(20-12-34)51(6)26-28-57-44(53)8-2/h7-24,29-30H,1-2,25-28H2,3-6H3. The van der Waals surface area contributed by atoms with Crippen LogP contribution in [0.1, 0.15) is 36.1 Å². The Morgan fingerprint density at radius 1 is 0.593 bits per heavy atom. The van der Waals surface area contributed by atoms with Gasteiger partial charge in [0, 0.05) is 43.0 Å². The van der Waals surface area contributed by atoms with Crippen LogP contribution in [0, 0.1) is 22.7 Å². The Labute approximate surface area is 344 Å². The lowest BCUT2D eigenvalue weighted by Crippen LogP contribution is -2.23. The molecule has 59 heavy (non-hydrogen) atoms. The van der Waals surface area contributed by atoms with Gasteiger partial charge in [-0.05, 0) is 82.9 Å². The van der Waals surface area contributed by atoms with Crippen molar-refractivity contribution in [3.8, 4) is 23.6 Å². The summed E-state index contributed by atoms with van der Waals surface area (Å²) in [6.07, 6.45) is 5.11. The zero-order valence-corrected chi connectivity index (χ0v) is 33.3. The Morgan fingerprint density at radius 3 is 1.24 bits per heavy atom. The Hall–Kier alpha value is -7.70. The van der Waals surface area contributed by atoms with Crippen LogP contribution in [0.3, 0.4) is 0 Å². The van der Waals surface area contributed by atoms with E-state index in [-0.39, 0.29) is 35.9 Å². The highest BCUT2D eigenvalue weighted by Gasteiger charge is 2.24. The van der Waals surface area contributed by atoms with Crippen molar-refractivity contribution < 1.29 is 38.1 Å². The highest BCUT2D eigenvalue weighted by molar-refractivity contribution is 5.99. The molecular weight excluding hydrogens is 749 g/mol. The summed E-state index contributed by atoms with van der Waals surface area (Å²) in [4.78, 5) is 52.2. The molecule has 0 atom stereocenters. The molecule has 4 rings (SSSR count). The smallest absolute Gasteiger partial charge is 0.354 e. The maximum absolute atomic E-state index is 12.9. The van der Waals surface area contributed by atoms with Crippen molar-refractivity contribution in [3.05, 3.63) is 156 Å². The first-order valence-electron chi connectivity index (χ1n) is 18.4. The number of nitrogens with zero attached hydrogens (tertiary/aromatic N) is 4. The summed E-state index contributed by atoms with van der Waals surface area (Å²) in [5.41, 5.74) is 3.92. The van der Waals surface area contributed by atoms with Gasteiger partial charge in [0.2, 0.25) is 0 Å². The minimum absolute atomic E-state index is 0.175.